The summed E-state index contributed by atoms with van der Waals surface area (Å²) in [4.78, 5) is 8.97. The van der Waals surface area contributed by atoms with Crippen LogP contribution in [0.4, 0.5) is 0 Å². The topological polar surface area (TPSA) is 35.0 Å². The van der Waals surface area contributed by atoms with E-state index in [0.717, 1.165) is 29.8 Å². The zero-order valence-corrected chi connectivity index (χ0v) is 11.7. The number of hydrogen-bond acceptors (Lipinski definition) is 3. The second-order valence-corrected chi connectivity index (χ2v) is 5.07. The molecule has 3 rings (SSSR count). The maximum Gasteiger partial charge on any atom is 0.171 e. The number of para-hydroxylation sites is 1. The van der Waals surface area contributed by atoms with Crippen molar-refractivity contribution >= 4 is 11.6 Å². The van der Waals surface area contributed by atoms with Crippen molar-refractivity contribution in [3.8, 4) is 5.75 Å². The number of halogens is 1. The molecule has 0 bridgehead atoms. The number of fused-ring (bicyclic) bond motifs is 1. The fraction of sp³-hybridized carbons (Fsp3) is 0.333. The first-order chi connectivity index (χ1) is 9.19. The third-order valence-electron chi connectivity index (χ3n) is 3.47. The summed E-state index contributed by atoms with van der Waals surface area (Å²) in [5.41, 5.74) is 3.16. The first-order valence-electron chi connectivity index (χ1n) is 6.46. The van der Waals surface area contributed by atoms with Crippen molar-refractivity contribution in [1.82, 2.24) is 9.97 Å². The van der Waals surface area contributed by atoms with Crippen molar-refractivity contribution in [3.63, 3.8) is 0 Å². The van der Waals surface area contributed by atoms with Crippen LogP contribution in [0.5, 0.6) is 5.75 Å². The molecule has 2 heterocycles. The van der Waals surface area contributed by atoms with Gasteiger partial charge in [0.2, 0.25) is 0 Å². The minimum Gasteiger partial charge on any atom is -0.482 e. The van der Waals surface area contributed by atoms with E-state index in [-0.39, 0.29) is 6.10 Å². The van der Waals surface area contributed by atoms with Gasteiger partial charge in [0.25, 0.3) is 0 Å². The van der Waals surface area contributed by atoms with Crippen LogP contribution in [-0.4, -0.2) is 9.97 Å². The Hall–Kier alpha value is -1.61. The number of aromatic nitrogens is 2. The number of rotatable bonds is 2. The van der Waals surface area contributed by atoms with E-state index in [1.165, 1.54) is 5.56 Å². The predicted octanol–water partition coefficient (Wildman–Crippen LogP) is 3.68. The molecule has 98 valence electrons. The average Bonchev–Trinajstić information content (AvgIpc) is 2.85. The predicted molar refractivity (Wildman–Crippen MR) is 74.7 cm³/mol. The van der Waals surface area contributed by atoms with E-state index >= 15 is 0 Å². The second-order valence-electron chi connectivity index (χ2n) is 4.72. The van der Waals surface area contributed by atoms with E-state index in [1.807, 2.05) is 25.1 Å². The molecule has 0 spiro atoms. The summed E-state index contributed by atoms with van der Waals surface area (Å²) in [5.74, 6) is 1.61. The lowest BCUT2D eigenvalue weighted by atomic mass is 10.1. The summed E-state index contributed by atoms with van der Waals surface area (Å²) < 4.78 is 5.90. The first-order valence-corrected chi connectivity index (χ1v) is 6.84. The van der Waals surface area contributed by atoms with Crippen molar-refractivity contribution < 1.29 is 4.74 Å². The van der Waals surface area contributed by atoms with Crippen LogP contribution in [0, 0.1) is 6.92 Å². The lowest BCUT2D eigenvalue weighted by Crippen LogP contribution is -2.11. The van der Waals surface area contributed by atoms with E-state index in [2.05, 4.69) is 23.0 Å². The molecule has 1 aromatic carbocycles. The molecule has 1 aliphatic rings. The number of nitrogens with zero attached hydrogens (tertiary/aromatic N) is 2. The molecule has 0 fully saturated rings. The zero-order chi connectivity index (χ0) is 13.4. The molecule has 19 heavy (non-hydrogen) atoms. The quantitative estimate of drug-likeness (QED) is 0.784. The molecule has 0 radical (unpaired) electrons. The number of aryl methyl sites for hydroxylation is 1. The molecule has 1 aliphatic heterocycles. The summed E-state index contributed by atoms with van der Waals surface area (Å²) in [6.45, 7) is 4.02. The van der Waals surface area contributed by atoms with Crippen LogP contribution in [0.1, 0.15) is 35.7 Å². The van der Waals surface area contributed by atoms with Gasteiger partial charge in [0.15, 0.2) is 11.9 Å². The smallest absolute Gasteiger partial charge is 0.171 e. The highest BCUT2D eigenvalue weighted by atomic mass is 35.5. The molecular formula is C15H15ClN2O. The molecule has 0 N–H and O–H groups in total. The van der Waals surface area contributed by atoms with Crippen LogP contribution >= 0.6 is 11.6 Å². The number of benzene rings is 1. The highest BCUT2D eigenvalue weighted by Gasteiger charge is 2.27. The van der Waals surface area contributed by atoms with E-state index in [9.17, 15) is 0 Å². The lowest BCUT2D eigenvalue weighted by molar-refractivity contribution is 0.227. The Balaban J connectivity index is 1.95. The minimum atomic E-state index is -0.124. The summed E-state index contributed by atoms with van der Waals surface area (Å²) in [6.07, 6.45) is 1.53. The van der Waals surface area contributed by atoms with E-state index in [4.69, 9.17) is 16.3 Å². The van der Waals surface area contributed by atoms with Gasteiger partial charge in [0.05, 0.1) is 0 Å². The van der Waals surface area contributed by atoms with Crippen molar-refractivity contribution in [1.29, 1.82) is 0 Å². The molecule has 1 unspecified atom stereocenters. The Kier molecular flexibility index (Phi) is 3.15. The van der Waals surface area contributed by atoms with E-state index in [1.54, 1.807) is 0 Å². The Morgan fingerprint density at radius 1 is 1.32 bits per heavy atom. The molecule has 2 aromatic rings. The Bertz CT molecular complexity index is 603. The van der Waals surface area contributed by atoms with E-state index < -0.39 is 0 Å². The summed E-state index contributed by atoms with van der Waals surface area (Å²) in [6, 6.07) is 8.05. The van der Waals surface area contributed by atoms with Gasteiger partial charge in [-0.25, -0.2) is 9.97 Å². The van der Waals surface area contributed by atoms with Gasteiger partial charge >= 0.3 is 0 Å². The van der Waals surface area contributed by atoms with Gasteiger partial charge in [-0.1, -0.05) is 36.7 Å². The first kappa shape index (κ1) is 12.4. The number of hydrogen-bond donors (Lipinski definition) is 0. The van der Waals surface area contributed by atoms with Gasteiger partial charge in [0.1, 0.15) is 10.9 Å². The molecule has 3 nitrogen and oxygen atoms in total. The maximum atomic E-state index is 6.18. The maximum absolute atomic E-state index is 6.18. The van der Waals surface area contributed by atoms with Crippen molar-refractivity contribution in [2.45, 2.75) is 32.8 Å². The summed E-state index contributed by atoms with van der Waals surface area (Å²) in [5, 5.41) is 0.529. The van der Waals surface area contributed by atoms with Gasteiger partial charge in [-0.05, 0) is 25.0 Å². The largest absolute Gasteiger partial charge is 0.482 e. The zero-order valence-electron chi connectivity index (χ0n) is 11.0. The number of ether oxygens (including phenoxy) is 1. The van der Waals surface area contributed by atoms with Gasteiger partial charge < -0.3 is 4.74 Å². The third-order valence-corrected chi connectivity index (χ3v) is 3.84. The van der Waals surface area contributed by atoms with Gasteiger partial charge in [-0.3, -0.25) is 0 Å². The average molecular weight is 275 g/mol. The molecular weight excluding hydrogens is 260 g/mol. The van der Waals surface area contributed by atoms with Crippen LogP contribution in [0.15, 0.2) is 24.3 Å². The monoisotopic (exact) mass is 274 g/mol. The van der Waals surface area contributed by atoms with Crippen LogP contribution in [-0.2, 0) is 12.8 Å². The third kappa shape index (κ3) is 2.19. The highest BCUT2D eigenvalue weighted by molar-refractivity contribution is 6.30. The standard InChI is InChI=1S/C15H15ClN2O/c1-3-11-9(2)14(16)18-15(17-11)13-8-10-6-4-5-7-12(10)19-13/h4-7,13H,3,8H2,1-2H3. The normalized spacial score (nSPS) is 17.1. The SMILES string of the molecule is CCc1nc(C2Cc3ccccc3O2)nc(Cl)c1C. The Morgan fingerprint density at radius 3 is 2.84 bits per heavy atom. The fourth-order valence-corrected chi connectivity index (χ4v) is 2.56. The molecule has 0 saturated heterocycles. The second kappa shape index (κ2) is 4.82. The molecule has 0 aliphatic carbocycles. The van der Waals surface area contributed by atoms with Crippen molar-refractivity contribution in [3.05, 3.63) is 52.1 Å². The summed E-state index contributed by atoms with van der Waals surface area (Å²) in [7, 11) is 0. The van der Waals surface area contributed by atoms with Crippen LogP contribution < -0.4 is 4.74 Å². The minimum absolute atomic E-state index is 0.124. The Morgan fingerprint density at radius 2 is 2.11 bits per heavy atom. The lowest BCUT2D eigenvalue weighted by Gasteiger charge is -2.12. The fourth-order valence-electron chi connectivity index (χ4n) is 2.36. The van der Waals surface area contributed by atoms with Crippen LogP contribution in [0.2, 0.25) is 5.15 Å². The van der Waals surface area contributed by atoms with Crippen molar-refractivity contribution in [2.24, 2.45) is 0 Å². The summed E-state index contributed by atoms with van der Waals surface area (Å²) >= 11 is 6.18. The Labute approximate surface area is 117 Å². The van der Waals surface area contributed by atoms with E-state index in [0.29, 0.717) is 11.0 Å². The molecule has 1 aromatic heterocycles. The van der Waals surface area contributed by atoms with Gasteiger partial charge in [-0.15, -0.1) is 0 Å². The molecule has 0 saturated carbocycles. The van der Waals surface area contributed by atoms with Gasteiger partial charge in [0, 0.05) is 17.7 Å². The molecule has 4 heteroatoms. The van der Waals surface area contributed by atoms with Crippen LogP contribution in [0.25, 0.3) is 0 Å². The van der Waals surface area contributed by atoms with Crippen LogP contribution in [0.3, 0.4) is 0 Å². The molecule has 0 amide bonds. The molecule has 1 atom stereocenters. The van der Waals surface area contributed by atoms with Gasteiger partial charge in [-0.2, -0.15) is 0 Å². The highest BCUT2D eigenvalue weighted by Crippen LogP contribution is 2.35. The van der Waals surface area contributed by atoms with Crippen molar-refractivity contribution in [2.75, 3.05) is 0 Å².